The molecule has 2 heterocycles. The number of thiophene rings is 1. The monoisotopic (exact) mass is 253 g/mol. The molecule has 0 aliphatic carbocycles. The molecule has 1 fully saturated rings. The largest absolute Gasteiger partial charge is 0.469 e. The van der Waals surface area contributed by atoms with Gasteiger partial charge in [-0.1, -0.05) is 6.07 Å². The molecule has 2 rings (SSSR count). The molecular weight excluding hydrogens is 238 g/mol. The van der Waals surface area contributed by atoms with Crippen LogP contribution < -0.4 is 0 Å². The first-order chi connectivity index (χ1) is 8.22. The number of carbonyl (C=O) groups excluding carboxylic acids is 2. The van der Waals surface area contributed by atoms with E-state index in [-0.39, 0.29) is 17.8 Å². The topological polar surface area (TPSA) is 46.6 Å². The summed E-state index contributed by atoms with van der Waals surface area (Å²) in [5.41, 5.74) is 0. The first-order valence-corrected chi connectivity index (χ1v) is 6.51. The molecule has 17 heavy (non-hydrogen) atoms. The van der Waals surface area contributed by atoms with Gasteiger partial charge >= 0.3 is 5.97 Å². The lowest BCUT2D eigenvalue weighted by atomic mass is 9.98. The van der Waals surface area contributed by atoms with Crippen LogP contribution in [0.2, 0.25) is 0 Å². The Morgan fingerprint density at radius 3 is 3.00 bits per heavy atom. The zero-order chi connectivity index (χ0) is 12.3. The van der Waals surface area contributed by atoms with E-state index in [9.17, 15) is 9.59 Å². The fraction of sp³-hybridized carbons (Fsp3) is 0.500. The molecule has 92 valence electrons. The molecule has 1 amide bonds. The predicted octanol–water partition coefficient (Wildman–Crippen LogP) is 1.77. The summed E-state index contributed by atoms with van der Waals surface area (Å²) in [6, 6.07) is 3.67. The van der Waals surface area contributed by atoms with Crippen molar-refractivity contribution in [2.75, 3.05) is 20.2 Å². The second-order valence-corrected chi connectivity index (χ2v) is 5.04. The molecular formula is C12H15NO3S. The molecule has 4 nitrogen and oxygen atoms in total. The van der Waals surface area contributed by atoms with Gasteiger partial charge in [-0.25, -0.2) is 0 Å². The van der Waals surface area contributed by atoms with Crippen LogP contribution in [0.15, 0.2) is 17.5 Å². The number of piperidine rings is 1. The van der Waals surface area contributed by atoms with Gasteiger partial charge in [-0.3, -0.25) is 9.59 Å². The number of ether oxygens (including phenoxy) is 1. The fourth-order valence-corrected chi connectivity index (χ4v) is 2.77. The molecule has 1 saturated heterocycles. The summed E-state index contributed by atoms with van der Waals surface area (Å²) < 4.78 is 4.73. The summed E-state index contributed by atoms with van der Waals surface area (Å²) in [5, 5.41) is 1.88. The molecule has 0 bridgehead atoms. The summed E-state index contributed by atoms with van der Waals surface area (Å²) in [4.78, 5) is 26.0. The van der Waals surface area contributed by atoms with Crippen molar-refractivity contribution >= 4 is 23.2 Å². The van der Waals surface area contributed by atoms with Crippen LogP contribution >= 0.6 is 11.3 Å². The van der Waals surface area contributed by atoms with Gasteiger partial charge in [-0.15, -0.1) is 11.3 Å². The fourth-order valence-electron chi connectivity index (χ4n) is 2.08. The van der Waals surface area contributed by atoms with Crippen molar-refractivity contribution < 1.29 is 14.3 Å². The zero-order valence-electron chi connectivity index (χ0n) is 9.72. The maximum absolute atomic E-state index is 12.1. The molecule has 0 aromatic carbocycles. The highest BCUT2D eigenvalue weighted by Crippen LogP contribution is 2.21. The van der Waals surface area contributed by atoms with E-state index in [0.717, 1.165) is 24.3 Å². The lowest BCUT2D eigenvalue weighted by Crippen LogP contribution is -2.42. The minimum absolute atomic E-state index is 0.0219. The van der Waals surface area contributed by atoms with E-state index in [1.165, 1.54) is 18.4 Å². The number of methoxy groups -OCH3 is 1. The molecule has 1 atom stereocenters. The Balaban J connectivity index is 2.02. The van der Waals surface area contributed by atoms with Crippen molar-refractivity contribution in [2.45, 2.75) is 12.8 Å². The third kappa shape index (κ3) is 2.66. The van der Waals surface area contributed by atoms with Gasteiger partial charge in [0.05, 0.1) is 17.9 Å². The Morgan fingerprint density at radius 1 is 1.53 bits per heavy atom. The Hall–Kier alpha value is -1.36. The van der Waals surface area contributed by atoms with Crippen molar-refractivity contribution in [3.8, 4) is 0 Å². The standard InChI is InChI=1S/C12H15NO3S/c1-16-12(15)9-4-2-6-13(8-9)11(14)10-5-3-7-17-10/h3,5,7,9H,2,4,6,8H2,1H3. The van der Waals surface area contributed by atoms with E-state index in [4.69, 9.17) is 4.74 Å². The number of rotatable bonds is 2. The van der Waals surface area contributed by atoms with Crippen LogP contribution in [-0.2, 0) is 9.53 Å². The maximum atomic E-state index is 12.1. The molecule has 0 saturated carbocycles. The van der Waals surface area contributed by atoms with Crippen LogP contribution in [0.1, 0.15) is 22.5 Å². The average molecular weight is 253 g/mol. The quantitative estimate of drug-likeness (QED) is 0.755. The van der Waals surface area contributed by atoms with Crippen molar-refractivity contribution in [3.63, 3.8) is 0 Å². The number of hydrogen-bond donors (Lipinski definition) is 0. The molecule has 0 N–H and O–H groups in total. The van der Waals surface area contributed by atoms with Crippen LogP contribution in [0, 0.1) is 5.92 Å². The van der Waals surface area contributed by atoms with Crippen molar-refractivity contribution in [1.82, 2.24) is 4.90 Å². The molecule has 1 aromatic heterocycles. The molecule has 5 heteroatoms. The van der Waals surface area contributed by atoms with E-state index < -0.39 is 0 Å². The minimum atomic E-state index is -0.214. The normalized spacial score (nSPS) is 20.1. The summed E-state index contributed by atoms with van der Waals surface area (Å²) in [6.07, 6.45) is 1.66. The van der Waals surface area contributed by atoms with Crippen LogP contribution in [0.25, 0.3) is 0 Å². The van der Waals surface area contributed by atoms with Gasteiger partial charge in [-0.2, -0.15) is 0 Å². The summed E-state index contributed by atoms with van der Waals surface area (Å²) in [7, 11) is 1.39. The number of nitrogens with zero attached hydrogens (tertiary/aromatic N) is 1. The Labute approximate surface area is 104 Å². The maximum Gasteiger partial charge on any atom is 0.310 e. The van der Waals surface area contributed by atoms with E-state index in [1.54, 1.807) is 4.90 Å². The third-order valence-corrected chi connectivity index (χ3v) is 3.83. The van der Waals surface area contributed by atoms with Gasteiger partial charge in [0.1, 0.15) is 0 Å². The van der Waals surface area contributed by atoms with Crippen molar-refractivity contribution in [2.24, 2.45) is 5.92 Å². The molecule has 1 aliphatic heterocycles. The van der Waals surface area contributed by atoms with Crippen LogP contribution in [0.5, 0.6) is 0 Å². The smallest absolute Gasteiger partial charge is 0.310 e. The average Bonchev–Trinajstić information content (AvgIpc) is 2.91. The Morgan fingerprint density at radius 2 is 2.35 bits per heavy atom. The van der Waals surface area contributed by atoms with E-state index in [1.807, 2.05) is 17.5 Å². The van der Waals surface area contributed by atoms with Gasteiger partial charge in [-0.05, 0) is 24.3 Å². The van der Waals surface area contributed by atoms with Crippen LogP contribution in [-0.4, -0.2) is 37.0 Å². The predicted molar refractivity (Wildman–Crippen MR) is 65.0 cm³/mol. The van der Waals surface area contributed by atoms with Gasteiger partial charge in [0.25, 0.3) is 5.91 Å². The third-order valence-electron chi connectivity index (χ3n) is 2.98. The Bertz CT molecular complexity index is 402. The highest BCUT2D eigenvalue weighted by Gasteiger charge is 2.29. The lowest BCUT2D eigenvalue weighted by Gasteiger charge is -2.31. The first kappa shape index (κ1) is 12.1. The molecule has 1 unspecified atom stereocenters. The van der Waals surface area contributed by atoms with E-state index in [0.29, 0.717) is 6.54 Å². The number of carbonyl (C=O) groups is 2. The summed E-state index contributed by atoms with van der Waals surface area (Å²) in [5.74, 6) is -0.361. The second kappa shape index (κ2) is 5.31. The summed E-state index contributed by atoms with van der Waals surface area (Å²) in [6.45, 7) is 1.20. The van der Waals surface area contributed by atoms with Gasteiger partial charge in [0.2, 0.25) is 0 Å². The van der Waals surface area contributed by atoms with Gasteiger partial charge in [0, 0.05) is 13.1 Å². The minimum Gasteiger partial charge on any atom is -0.469 e. The van der Waals surface area contributed by atoms with Crippen LogP contribution in [0.4, 0.5) is 0 Å². The zero-order valence-corrected chi connectivity index (χ0v) is 10.5. The first-order valence-electron chi connectivity index (χ1n) is 5.63. The van der Waals surface area contributed by atoms with Crippen LogP contribution in [0.3, 0.4) is 0 Å². The highest BCUT2D eigenvalue weighted by molar-refractivity contribution is 7.12. The molecule has 0 spiro atoms. The number of likely N-dealkylation sites (tertiary alicyclic amines) is 1. The highest BCUT2D eigenvalue weighted by atomic mass is 32.1. The summed E-state index contributed by atoms with van der Waals surface area (Å²) >= 11 is 1.43. The molecule has 1 aromatic rings. The number of esters is 1. The van der Waals surface area contributed by atoms with Crippen molar-refractivity contribution in [1.29, 1.82) is 0 Å². The second-order valence-electron chi connectivity index (χ2n) is 4.09. The van der Waals surface area contributed by atoms with Gasteiger partial charge in [0.15, 0.2) is 0 Å². The SMILES string of the molecule is COC(=O)C1CCCN(C(=O)c2cccs2)C1. The van der Waals surface area contributed by atoms with Crippen molar-refractivity contribution in [3.05, 3.63) is 22.4 Å². The number of hydrogen-bond acceptors (Lipinski definition) is 4. The number of amides is 1. The van der Waals surface area contributed by atoms with Gasteiger partial charge < -0.3 is 9.64 Å². The molecule has 1 aliphatic rings. The van der Waals surface area contributed by atoms with E-state index >= 15 is 0 Å². The lowest BCUT2D eigenvalue weighted by molar-refractivity contribution is -0.146. The molecule has 0 radical (unpaired) electrons. The Kier molecular flexibility index (Phi) is 3.78. The van der Waals surface area contributed by atoms with E-state index in [2.05, 4.69) is 0 Å².